The van der Waals surface area contributed by atoms with E-state index in [9.17, 15) is 4.79 Å². The Kier molecular flexibility index (Phi) is 5.91. The largest absolute Gasteiger partial charge is 0.465 e. The number of hydrogen-bond acceptors (Lipinski definition) is 3. The van der Waals surface area contributed by atoms with Gasteiger partial charge in [-0.15, -0.1) is 0 Å². The van der Waals surface area contributed by atoms with Gasteiger partial charge in [0.2, 0.25) is 0 Å². The van der Waals surface area contributed by atoms with Crippen molar-refractivity contribution in [3.05, 3.63) is 22.3 Å². The Morgan fingerprint density at radius 1 is 1.38 bits per heavy atom. The van der Waals surface area contributed by atoms with E-state index < -0.39 is 5.41 Å². The highest BCUT2D eigenvalue weighted by Gasteiger charge is 2.48. The molecule has 1 heterocycles. The quantitative estimate of drug-likeness (QED) is 0.700. The highest BCUT2D eigenvalue weighted by atomic mass is 79.9. The lowest BCUT2D eigenvalue weighted by Crippen LogP contribution is -2.45. The topological polar surface area (TPSA) is 29.5 Å². The summed E-state index contributed by atoms with van der Waals surface area (Å²) in [5.74, 6) is -0.0882. The Labute approximate surface area is 136 Å². The van der Waals surface area contributed by atoms with E-state index in [1.54, 1.807) is 0 Å². The van der Waals surface area contributed by atoms with Crippen molar-refractivity contribution in [1.29, 1.82) is 0 Å². The second kappa shape index (κ2) is 7.48. The van der Waals surface area contributed by atoms with Gasteiger partial charge in [0, 0.05) is 18.8 Å². The minimum atomic E-state index is -0.588. The molecule has 2 rings (SSSR count). The predicted molar refractivity (Wildman–Crippen MR) is 89.1 cm³/mol. The summed E-state index contributed by atoms with van der Waals surface area (Å²) < 4.78 is 5.46. The Morgan fingerprint density at radius 2 is 2.10 bits per heavy atom. The number of carbonyl (C=O) groups is 1. The molecule has 1 saturated heterocycles. The third kappa shape index (κ3) is 3.20. The van der Waals surface area contributed by atoms with E-state index >= 15 is 0 Å². The fraction of sp³-hybridized carbons (Fsp3) is 0.706. The zero-order chi connectivity index (χ0) is 15.3. The Hall–Kier alpha value is -0.770. The van der Waals surface area contributed by atoms with Crippen molar-refractivity contribution >= 4 is 21.9 Å². The van der Waals surface area contributed by atoms with E-state index in [-0.39, 0.29) is 5.97 Å². The first kappa shape index (κ1) is 16.6. The van der Waals surface area contributed by atoms with Gasteiger partial charge in [-0.25, -0.2) is 0 Å². The molecule has 2 aliphatic rings. The molecule has 0 bridgehead atoms. The molecule has 0 saturated carbocycles. The van der Waals surface area contributed by atoms with Gasteiger partial charge < -0.3 is 9.64 Å². The van der Waals surface area contributed by atoms with Crippen LogP contribution in [0.25, 0.3) is 0 Å². The maximum absolute atomic E-state index is 12.8. The van der Waals surface area contributed by atoms with Gasteiger partial charge in [-0.2, -0.15) is 0 Å². The van der Waals surface area contributed by atoms with E-state index in [1.807, 2.05) is 18.8 Å². The lowest BCUT2D eigenvalue weighted by atomic mass is 9.70. The number of hydrogen-bond donors (Lipinski definition) is 0. The molecule has 4 heteroatoms. The summed E-state index contributed by atoms with van der Waals surface area (Å²) in [6, 6.07) is 0. The number of esters is 1. The molecule has 1 fully saturated rings. The highest BCUT2D eigenvalue weighted by molar-refractivity contribution is 9.11. The van der Waals surface area contributed by atoms with E-state index in [0.29, 0.717) is 6.61 Å². The minimum absolute atomic E-state index is 0.0882. The van der Waals surface area contributed by atoms with Crippen LogP contribution in [-0.2, 0) is 9.53 Å². The molecule has 0 spiro atoms. The van der Waals surface area contributed by atoms with Gasteiger partial charge in [0.25, 0.3) is 0 Å². The van der Waals surface area contributed by atoms with Gasteiger partial charge in [0.1, 0.15) is 5.41 Å². The first-order valence-electron chi connectivity index (χ1n) is 8.07. The lowest BCUT2D eigenvalue weighted by molar-refractivity contribution is -0.152. The molecule has 3 nitrogen and oxygen atoms in total. The standard InChI is InChI=1S/C17H26BrNO2/c1-3-21-16(20)17(14(2)13-18)10-6-5-9-15(17)19-11-7-4-8-12-19/h9,13H,3-8,10-12H2,1-2H3/b14-13+. The molecule has 0 amide bonds. The van der Waals surface area contributed by atoms with Crippen molar-refractivity contribution < 1.29 is 9.53 Å². The number of nitrogens with zero attached hydrogens (tertiary/aromatic N) is 1. The van der Waals surface area contributed by atoms with Gasteiger partial charge in [-0.1, -0.05) is 22.0 Å². The van der Waals surface area contributed by atoms with E-state index in [0.717, 1.165) is 37.9 Å². The molecular weight excluding hydrogens is 330 g/mol. The van der Waals surface area contributed by atoms with Crippen LogP contribution in [0.2, 0.25) is 0 Å². The van der Waals surface area contributed by atoms with Crippen molar-refractivity contribution in [1.82, 2.24) is 4.90 Å². The second-order valence-corrected chi connectivity index (χ2v) is 6.41. The Balaban J connectivity index is 2.41. The molecular formula is C17H26BrNO2. The smallest absolute Gasteiger partial charge is 0.322 e. The number of piperidine rings is 1. The number of halogens is 1. The van der Waals surface area contributed by atoms with Crippen LogP contribution in [-0.4, -0.2) is 30.6 Å². The van der Waals surface area contributed by atoms with E-state index in [2.05, 4.69) is 26.9 Å². The molecule has 0 aromatic carbocycles. The summed E-state index contributed by atoms with van der Waals surface area (Å²) in [6.07, 6.45) is 8.94. The second-order valence-electron chi connectivity index (χ2n) is 5.95. The summed E-state index contributed by atoms with van der Waals surface area (Å²) in [5, 5.41) is 0. The predicted octanol–water partition coefficient (Wildman–Crippen LogP) is 4.39. The van der Waals surface area contributed by atoms with Crippen LogP contribution < -0.4 is 0 Å². The maximum Gasteiger partial charge on any atom is 0.322 e. The highest BCUT2D eigenvalue weighted by Crippen LogP contribution is 2.47. The van der Waals surface area contributed by atoms with E-state index in [1.165, 1.54) is 25.0 Å². The van der Waals surface area contributed by atoms with Crippen LogP contribution in [0, 0.1) is 5.41 Å². The van der Waals surface area contributed by atoms with Crippen molar-refractivity contribution in [2.45, 2.75) is 52.4 Å². The number of carbonyl (C=O) groups excluding carboxylic acids is 1. The fourth-order valence-electron chi connectivity index (χ4n) is 3.56. The Bertz CT molecular complexity index is 438. The lowest BCUT2D eigenvalue weighted by Gasteiger charge is -2.44. The van der Waals surface area contributed by atoms with Crippen molar-refractivity contribution in [2.75, 3.05) is 19.7 Å². The molecule has 21 heavy (non-hydrogen) atoms. The van der Waals surface area contributed by atoms with Crippen molar-refractivity contribution in [3.8, 4) is 0 Å². The van der Waals surface area contributed by atoms with Gasteiger partial charge in [-0.3, -0.25) is 4.79 Å². The third-order valence-corrected chi connectivity index (χ3v) is 5.38. The van der Waals surface area contributed by atoms with Crippen LogP contribution in [0.15, 0.2) is 22.3 Å². The van der Waals surface area contributed by atoms with E-state index in [4.69, 9.17) is 4.74 Å². The van der Waals surface area contributed by atoms with Crippen LogP contribution in [0.1, 0.15) is 52.4 Å². The average Bonchev–Trinajstić information content (AvgIpc) is 2.55. The molecule has 118 valence electrons. The van der Waals surface area contributed by atoms with Crippen LogP contribution >= 0.6 is 15.9 Å². The molecule has 0 aromatic heterocycles. The molecule has 0 N–H and O–H groups in total. The summed E-state index contributed by atoms with van der Waals surface area (Å²) in [7, 11) is 0. The molecule has 1 atom stereocenters. The molecule has 0 radical (unpaired) electrons. The van der Waals surface area contributed by atoms with Crippen LogP contribution in [0.5, 0.6) is 0 Å². The third-order valence-electron chi connectivity index (χ3n) is 4.69. The van der Waals surface area contributed by atoms with Crippen LogP contribution in [0.3, 0.4) is 0 Å². The van der Waals surface area contributed by atoms with Gasteiger partial charge in [-0.05, 0) is 62.9 Å². The zero-order valence-corrected chi connectivity index (χ0v) is 14.7. The van der Waals surface area contributed by atoms with Crippen LogP contribution in [0.4, 0.5) is 0 Å². The summed E-state index contributed by atoms with van der Waals surface area (Å²) in [4.78, 5) is 17.1. The Morgan fingerprint density at radius 3 is 2.71 bits per heavy atom. The number of likely N-dealkylation sites (tertiary alicyclic amines) is 1. The van der Waals surface area contributed by atoms with Gasteiger partial charge >= 0.3 is 5.97 Å². The maximum atomic E-state index is 12.8. The molecule has 0 aromatic rings. The molecule has 1 aliphatic heterocycles. The van der Waals surface area contributed by atoms with Gasteiger partial charge in [0.15, 0.2) is 0 Å². The van der Waals surface area contributed by atoms with Gasteiger partial charge in [0.05, 0.1) is 6.61 Å². The first-order valence-corrected chi connectivity index (χ1v) is 8.98. The summed E-state index contributed by atoms with van der Waals surface area (Å²) in [5.41, 5.74) is 1.65. The monoisotopic (exact) mass is 355 g/mol. The summed E-state index contributed by atoms with van der Waals surface area (Å²) >= 11 is 3.44. The molecule has 1 aliphatic carbocycles. The average molecular weight is 356 g/mol. The van der Waals surface area contributed by atoms with Crippen molar-refractivity contribution in [2.24, 2.45) is 5.41 Å². The fourth-order valence-corrected chi connectivity index (χ4v) is 3.95. The minimum Gasteiger partial charge on any atom is -0.465 e. The first-order chi connectivity index (χ1) is 10.2. The molecule has 1 unspecified atom stereocenters. The summed E-state index contributed by atoms with van der Waals surface area (Å²) in [6.45, 7) is 6.47. The zero-order valence-electron chi connectivity index (χ0n) is 13.2. The number of rotatable bonds is 4. The van der Waals surface area contributed by atoms with Crippen molar-refractivity contribution in [3.63, 3.8) is 0 Å². The normalized spacial score (nSPS) is 27.3. The number of ether oxygens (including phenoxy) is 1. The SMILES string of the molecule is CCOC(=O)C1(/C(C)=C/Br)CCCC=C1N1CCCCC1. The number of allylic oxidation sites excluding steroid dienone is 1.